The number of morpholine rings is 1. The van der Waals surface area contributed by atoms with E-state index >= 15 is 0 Å². The van der Waals surface area contributed by atoms with Gasteiger partial charge in [0.25, 0.3) is 0 Å². The van der Waals surface area contributed by atoms with Gasteiger partial charge < -0.3 is 9.64 Å². The third-order valence-electron chi connectivity index (χ3n) is 3.11. The summed E-state index contributed by atoms with van der Waals surface area (Å²) in [6, 6.07) is 0. The highest BCUT2D eigenvalue weighted by Crippen LogP contribution is 2.28. The van der Waals surface area contributed by atoms with Crippen LogP contribution in [0.1, 0.15) is 30.8 Å². The molecule has 0 radical (unpaired) electrons. The van der Waals surface area contributed by atoms with Gasteiger partial charge in [-0.2, -0.15) is 4.37 Å². The summed E-state index contributed by atoms with van der Waals surface area (Å²) in [5.41, 5.74) is 0. The van der Waals surface area contributed by atoms with Crippen molar-refractivity contribution in [2.45, 2.75) is 26.4 Å². The van der Waals surface area contributed by atoms with E-state index < -0.39 is 0 Å². The molecule has 1 aliphatic rings. The summed E-state index contributed by atoms with van der Waals surface area (Å²) in [4.78, 5) is 11.3. The van der Waals surface area contributed by atoms with Gasteiger partial charge in [-0.25, -0.2) is 9.97 Å². The molecule has 3 heterocycles. The Labute approximate surface area is 126 Å². The molecule has 5 nitrogen and oxygen atoms in total. The number of rotatable bonds is 4. The molecule has 0 unspecified atom stereocenters. The molecule has 0 aliphatic carbocycles. The molecule has 1 saturated heterocycles. The minimum atomic E-state index is 0.0567. The van der Waals surface area contributed by atoms with E-state index in [1.165, 1.54) is 11.5 Å². The first-order valence-corrected chi connectivity index (χ1v) is 8.46. The Hall–Kier alpha value is -1.05. The third kappa shape index (κ3) is 3.16. The highest BCUT2D eigenvalue weighted by atomic mass is 32.1. The molecule has 1 fully saturated rings. The maximum Gasteiger partial charge on any atom is 0.205 e. The van der Waals surface area contributed by atoms with Crippen molar-refractivity contribution in [3.05, 3.63) is 22.4 Å². The number of thiazole rings is 1. The van der Waals surface area contributed by atoms with Crippen LogP contribution in [0.25, 0.3) is 0 Å². The SMILES string of the molecule is CC(C)Cc1nsc(N2CCO[C@@H](c3nccs3)C2)n1. The van der Waals surface area contributed by atoms with Crippen molar-refractivity contribution in [2.24, 2.45) is 5.92 Å². The zero-order valence-corrected chi connectivity index (χ0v) is 13.3. The van der Waals surface area contributed by atoms with Crippen LogP contribution in [-0.4, -0.2) is 34.0 Å². The smallest absolute Gasteiger partial charge is 0.205 e. The molecule has 1 atom stereocenters. The first kappa shape index (κ1) is 13.9. The predicted molar refractivity (Wildman–Crippen MR) is 81.5 cm³/mol. The molecule has 0 aromatic carbocycles. The van der Waals surface area contributed by atoms with Crippen LogP contribution in [0, 0.1) is 5.92 Å². The second kappa shape index (κ2) is 6.15. The lowest BCUT2D eigenvalue weighted by Crippen LogP contribution is -2.38. The second-order valence-electron chi connectivity index (χ2n) is 5.27. The molecule has 0 N–H and O–H groups in total. The van der Waals surface area contributed by atoms with Gasteiger partial charge in [-0.1, -0.05) is 13.8 Å². The quantitative estimate of drug-likeness (QED) is 0.869. The summed E-state index contributed by atoms with van der Waals surface area (Å²) in [5, 5.41) is 4.04. The van der Waals surface area contributed by atoms with Crippen molar-refractivity contribution in [1.29, 1.82) is 0 Å². The fourth-order valence-electron chi connectivity index (χ4n) is 2.19. The molecule has 108 valence electrons. The van der Waals surface area contributed by atoms with E-state index in [1.807, 2.05) is 11.6 Å². The van der Waals surface area contributed by atoms with E-state index in [0.717, 1.165) is 35.5 Å². The third-order valence-corrected chi connectivity index (χ3v) is 4.79. The average molecular weight is 310 g/mol. The van der Waals surface area contributed by atoms with Crippen molar-refractivity contribution in [1.82, 2.24) is 14.3 Å². The summed E-state index contributed by atoms with van der Waals surface area (Å²) in [7, 11) is 0. The predicted octanol–water partition coefficient (Wildman–Crippen LogP) is 2.77. The van der Waals surface area contributed by atoms with Crippen LogP contribution in [0.2, 0.25) is 0 Å². The first-order chi connectivity index (χ1) is 9.72. The Kier molecular flexibility index (Phi) is 4.28. The topological polar surface area (TPSA) is 51.1 Å². The number of hydrogen-bond acceptors (Lipinski definition) is 7. The Morgan fingerprint density at radius 2 is 2.40 bits per heavy atom. The second-order valence-corrected chi connectivity index (χ2v) is 6.92. The molecule has 1 aliphatic heterocycles. The fourth-order valence-corrected chi connectivity index (χ4v) is 3.59. The highest BCUT2D eigenvalue weighted by Gasteiger charge is 2.26. The fraction of sp³-hybridized carbons (Fsp3) is 0.615. The Balaban J connectivity index is 1.69. The van der Waals surface area contributed by atoms with Crippen LogP contribution in [0.15, 0.2) is 11.6 Å². The van der Waals surface area contributed by atoms with Gasteiger partial charge in [-0.05, 0) is 5.92 Å². The maximum absolute atomic E-state index is 5.81. The number of aromatic nitrogens is 3. The molecule has 0 spiro atoms. The van der Waals surface area contributed by atoms with Gasteiger partial charge in [0.1, 0.15) is 16.9 Å². The van der Waals surface area contributed by atoms with Crippen LogP contribution in [0.5, 0.6) is 0 Å². The molecule has 20 heavy (non-hydrogen) atoms. The lowest BCUT2D eigenvalue weighted by atomic mass is 10.1. The van der Waals surface area contributed by atoms with Crippen molar-refractivity contribution >= 4 is 28.0 Å². The van der Waals surface area contributed by atoms with Gasteiger partial charge in [-0.3, -0.25) is 0 Å². The monoisotopic (exact) mass is 310 g/mol. The summed E-state index contributed by atoms with van der Waals surface area (Å²) in [5.74, 6) is 1.54. The molecular weight excluding hydrogens is 292 g/mol. The van der Waals surface area contributed by atoms with Crippen LogP contribution in [0.3, 0.4) is 0 Å². The minimum Gasteiger partial charge on any atom is -0.367 e. The molecule has 2 aromatic rings. The summed E-state index contributed by atoms with van der Waals surface area (Å²) < 4.78 is 10.3. The van der Waals surface area contributed by atoms with Gasteiger partial charge in [0.05, 0.1) is 13.2 Å². The van der Waals surface area contributed by atoms with Crippen LogP contribution in [-0.2, 0) is 11.2 Å². The zero-order chi connectivity index (χ0) is 13.9. The highest BCUT2D eigenvalue weighted by molar-refractivity contribution is 7.10. The Bertz CT molecular complexity index is 540. The summed E-state index contributed by atoms with van der Waals surface area (Å²) in [6.07, 6.45) is 2.83. The van der Waals surface area contributed by atoms with E-state index in [1.54, 1.807) is 11.3 Å². The Morgan fingerprint density at radius 3 is 3.15 bits per heavy atom. The number of anilines is 1. The maximum atomic E-state index is 5.81. The van der Waals surface area contributed by atoms with E-state index in [9.17, 15) is 0 Å². The molecule has 0 amide bonds. The zero-order valence-electron chi connectivity index (χ0n) is 11.7. The minimum absolute atomic E-state index is 0.0567. The largest absolute Gasteiger partial charge is 0.367 e. The molecule has 2 aromatic heterocycles. The van der Waals surface area contributed by atoms with Crippen molar-refractivity contribution < 1.29 is 4.74 Å². The van der Waals surface area contributed by atoms with Gasteiger partial charge in [0, 0.05) is 36.1 Å². The normalized spacial score (nSPS) is 19.8. The van der Waals surface area contributed by atoms with Crippen molar-refractivity contribution in [2.75, 3.05) is 24.6 Å². The van der Waals surface area contributed by atoms with E-state index in [0.29, 0.717) is 12.5 Å². The molecule has 7 heteroatoms. The lowest BCUT2D eigenvalue weighted by molar-refractivity contribution is 0.0396. The van der Waals surface area contributed by atoms with Crippen molar-refractivity contribution in [3.63, 3.8) is 0 Å². The summed E-state index contributed by atoms with van der Waals surface area (Å²) in [6.45, 7) is 6.77. The Morgan fingerprint density at radius 1 is 1.50 bits per heavy atom. The van der Waals surface area contributed by atoms with Gasteiger partial charge in [0.15, 0.2) is 0 Å². The summed E-state index contributed by atoms with van der Waals surface area (Å²) >= 11 is 3.13. The molecule has 0 saturated carbocycles. The molecule has 3 rings (SSSR count). The molecular formula is C13H18N4OS2. The van der Waals surface area contributed by atoms with E-state index in [4.69, 9.17) is 4.74 Å². The van der Waals surface area contributed by atoms with Crippen LogP contribution >= 0.6 is 22.9 Å². The van der Waals surface area contributed by atoms with E-state index in [2.05, 4.69) is 33.1 Å². The average Bonchev–Trinajstić information content (AvgIpc) is 3.09. The number of ether oxygens (including phenoxy) is 1. The van der Waals surface area contributed by atoms with Crippen molar-refractivity contribution in [3.8, 4) is 0 Å². The first-order valence-electron chi connectivity index (χ1n) is 6.81. The van der Waals surface area contributed by atoms with Gasteiger partial charge in [0.2, 0.25) is 5.13 Å². The van der Waals surface area contributed by atoms with Crippen LogP contribution < -0.4 is 4.90 Å². The lowest BCUT2D eigenvalue weighted by Gasteiger charge is -2.31. The number of nitrogens with zero attached hydrogens (tertiary/aromatic N) is 4. The van der Waals surface area contributed by atoms with Gasteiger partial charge in [-0.15, -0.1) is 11.3 Å². The number of hydrogen-bond donors (Lipinski definition) is 0. The van der Waals surface area contributed by atoms with Crippen LogP contribution in [0.4, 0.5) is 5.13 Å². The molecule has 0 bridgehead atoms. The standard InChI is InChI=1S/C13H18N4OS2/c1-9(2)7-11-15-13(20-16-11)17-4-5-18-10(8-17)12-14-3-6-19-12/h3,6,9-10H,4-5,7-8H2,1-2H3/t10-/m1/s1. The van der Waals surface area contributed by atoms with E-state index in [-0.39, 0.29) is 6.10 Å². The van der Waals surface area contributed by atoms with Gasteiger partial charge >= 0.3 is 0 Å².